The molecule has 1 aliphatic rings. The number of Topliss-reactive ketones (excluding diaryl/α,β-unsaturated/α-hetero) is 1. The molecule has 1 aliphatic heterocycles. The largest absolute Gasteiger partial charge is 0.493 e. The number of nitrogens with zero attached hydrogens (tertiary/aromatic N) is 1. The molecule has 0 bridgehead atoms. The van der Waals surface area contributed by atoms with Crippen LogP contribution in [0.4, 0.5) is 10.5 Å². The molecule has 1 N–H and O–H groups in total. The second-order valence-electron chi connectivity index (χ2n) is 8.31. The van der Waals surface area contributed by atoms with Gasteiger partial charge in [0.2, 0.25) is 0 Å². The predicted molar refractivity (Wildman–Crippen MR) is 147 cm³/mol. The standard InChI is InChI=1S/C28H23ClN2O6S/c1-17-4-3-5-21(12-17)30-26(33)16-37-23-11-6-18(13-24(23)36-2)14-25-27(34)31(28(35)38-25)15-22(32)19-7-9-20(29)10-8-19/h3-14H,15-16H2,1-2H3,(H,30,33)/b25-14+. The van der Waals surface area contributed by atoms with Crippen molar-refractivity contribution in [3.63, 3.8) is 0 Å². The Labute approximate surface area is 228 Å². The number of carbonyl (C=O) groups is 4. The molecule has 0 spiro atoms. The fraction of sp³-hybridized carbons (Fsp3) is 0.143. The summed E-state index contributed by atoms with van der Waals surface area (Å²) >= 11 is 6.60. The zero-order valence-corrected chi connectivity index (χ0v) is 22.1. The number of hydrogen-bond donors (Lipinski definition) is 1. The van der Waals surface area contributed by atoms with Gasteiger partial charge >= 0.3 is 0 Å². The van der Waals surface area contributed by atoms with Gasteiger partial charge in [0.25, 0.3) is 17.1 Å². The fourth-order valence-corrected chi connectivity index (χ4v) is 4.58. The lowest BCUT2D eigenvalue weighted by molar-refractivity contribution is -0.122. The third-order valence-corrected chi connectivity index (χ3v) is 6.65. The van der Waals surface area contributed by atoms with Gasteiger partial charge in [-0.15, -0.1) is 0 Å². The summed E-state index contributed by atoms with van der Waals surface area (Å²) in [7, 11) is 1.45. The third-order valence-electron chi connectivity index (χ3n) is 5.49. The summed E-state index contributed by atoms with van der Waals surface area (Å²) in [5.74, 6) is -0.581. The van der Waals surface area contributed by atoms with Crippen LogP contribution in [0.5, 0.6) is 11.5 Å². The molecule has 1 saturated heterocycles. The minimum absolute atomic E-state index is 0.173. The van der Waals surface area contributed by atoms with Gasteiger partial charge < -0.3 is 14.8 Å². The number of anilines is 1. The maximum atomic E-state index is 12.9. The first-order valence-corrected chi connectivity index (χ1v) is 12.6. The van der Waals surface area contributed by atoms with Crippen LogP contribution in [0, 0.1) is 6.92 Å². The van der Waals surface area contributed by atoms with Crippen molar-refractivity contribution in [2.45, 2.75) is 6.92 Å². The normalized spacial score (nSPS) is 14.1. The van der Waals surface area contributed by atoms with Gasteiger partial charge in [-0.2, -0.15) is 0 Å². The van der Waals surface area contributed by atoms with Crippen molar-refractivity contribution in [3.8, 4) is 11.5 Å². The molecule has 4 rings (SSSR count). The Balaban J connectivity index is 1.41. The summed E-state index contributed by atoms with van der Waals surface area (Å²) in [4.78, 5) is 51.2. The first-order chi connectivity index (χ1) is 18.2. The van der Waals surface area contributed by atoms with E-state index in [1.54, 1.807) is 48.5 Å². The van der Waals surface area contributed by atoms with E-state index in [9.17, 15) is 19.2 Å². The van der Waals surface area contributed by atoms with Gasteiger partial charge in [-0.1, -0.05) is 29.8 Å². The first-order valence-electron chi connectivity index (χ1n) is 11.4. The zero-order chi connectivity index (χ0) is 27.2. The van der Waals surface area contributed by atoms with Crippen LogP contribution < -0.4 is 14.8 Å². The summed E-state index contributed by atoms with van der Waals surface area (Å²) in [5, 5.41) is 2.72. The maximum Gasteiger partial charge on any atom is 0.293 e. The summed E-state index contributed by atoms with van der Waals surface area (Å²) in [5.41, 5.74) is 2.62. The number of rotatable bonds is 9. The van der Waals surface area contributed by atoms with Crippen LogP contribution in [-0.4, -0.2) is 48.0 Å². The summed E-state index contributed by atoms with van der Waals surface area (Å²) < 4.78 is 11.0. The molecule has 3 amide bonds. The molecule has 0 atom stereocenters. The van der Waals surface area contributed by atoms with Crippen LogP contribution in [0.25, 0.3) is 6.08 Å². The van der Waals surface area contributed by atoms with Crippen molar-refractivity contribution in [3.05, 3.63) is 93.3 Å². The maximum absolute atomic E-state index is 12.9. The van der Waals surface area contributed by atoms with E-state index in [1.807, 2.05) is 25.1 Å². The second kappa shape index (κ2) is 12.0. The second-order valence-corrected chi connectivity index (χ2v) is 9.74. The van der Waals surface area contributed by atoms with Gasteiger partial charge in [0.05, 0.1) is 18.6 Å². The molecular weight excluding hydrogens is 528 g/mol. The fourth-order valence-electron chi connectivity index (χ4n) is 3.61. The van der Waals surface area contributed by atoms with Gasteiger partial charge in [-0.3, -0.25) is 24.1 Å². The van der Waals surface area contributed by atoms with Crippen LogP contribution >= 0.6 is 23.4 Å². The van der Waals surface area contributed by atoms with Gasteiger partial charge in [0.15, 0.2) is 23.9 Å². The van der Waals surface area contributed by atoms with E-state index in [2.05, 4.69) is 5.32 Å². The molecule has 38 heavy (non-hydrogen) atoms. The molecular formula is C28H23ClN2O6S. The average Bonchev–Trinajstić information content (AvgIpc) is 3.15. The number of imide groups is 1. The Morgan fingerprint density at radius 2 is 1.79 bits per heavy atom. The Morgan fingerprint density at radius 1 is 1.03 bits per heavy atom. The molecule has 0 radical (unpaired) electrons. The van der Waals surface area contributed by atoms with E-state index in [0.29, 0.717) is 33.3 Å². The predicted octanol–water partition coefficient (Wildman–Crippen LogP) is 5.59. The molecule has 194 valence electrons. The van der Waals surface area contributed by atoms with Crippen molar-refractivity contribution >= 4 is 58.0 Å². The van der Waals surface area contributed by atoms with Crippen LogP contribution in [0.1, 0.15) is 21.5 Å². The first kappa shape index (κ1) is 27.0. The van der Waals surface area contributed by atoms with E-state index in [-0.39, 0.29) is 29.7 Å². The van der Waals surface area contributed by atoms with E-state index in [0.717, 1.165) is 22.2 Å². The van der Waals surface area contributed by atoms with Crippen molar-refractivity contribution in [1.82, 2.24) is 4.90 Å². The lowest BCUT2D eigenvalue weighted by Gasteiger charge is -2.12. The number of thioether (sulfide) groups is 1. The highest BCUT2D eigenvalue weighted by atomic mass is 35.5. The quantitative estimate of drug-likeness (QED) is 0.273. The number of amides is 3. The highest BCUT2D eigenvalue weighted by Gasteiger charge is 2.36. The van der Waals surface area contributed by atoms with Crippen molar-refractivity contribution in [2.75, 3.05) is 25.6 Å². The monoisotopic (exact) mass is 550 g/mol. The number of hydrogen-bond acceptors (Lipinski definition) is 7. The molecule has 0 unspecified atom stereocenters. The Kier molecular flexibility index (Phi) is 8.50. The number of carbonyl (C=O) groups excluding carboxylic acids is 4. The van der Waals surface area contributed by atoms with Gasteiger partial charge in [-0.05, 0) is 84.4 Å². The molecule has 3 aromatic rings. The lowest BCUT2D eigenvalue weighted by Crippen LogP contribution is -2.33. The Morgan fingerprint density at radius 3 is 2.50 bits per heavy atom. The Hall–Kier alpha value is -4.08. The highest BCUT2D eigenvalue weighted by molar-refractivity contribution is 8.18. The average molecular weight is 551 g/mol. The number of methoxy groups -OCH3 is 1. The number of ketones is 1. The van der Waals surface area contributed by atoms with Gasteiger partial charge in [0.1, 0.15) is 0 Å². The van der Waals surface area contributed by atoms with E-state index >= 15 is 0 Å². The summed E-state index contributed by atoms with van der Waals surface area (Å²) in [6, 6.07) is 18.5. The van der Waals surface area contributed by atoms with Gasteiger partial charge in [0, 0.05) is 16.3 Å². The lowest BCUT2D eigenvalue weighted by atomic mass is 10.1. The van der Waals surface area contributed by atoms with E-state index in [1.165, 1.54) is 13.2 Å². The highest BCUT2D eigenvalue weighted by Crippen LogP contribution is 2.34. The van der Waals surface area contributed by atoms with Crippen molar-refractivity contribution in [2.24, 2.45) is 0 Å². The number of benzene rings is 3. The summed E-state index contributed by atoms with van der Waals surface area (Å²) in [6.45, 7) is 1.33. The number of halogens is 1. The molecule has 1 heterocycles. The van der Waals surface area contributed by atoms with Crippen molar-refractivity contribution < 1.29 is 28.7 Å². The molecule has 3 aromatic carbocycles. The SMILES string of the molecule is COc1cc(/C=C2/SC(=O)N(CC(=O)c3ccc(Cl)cc3)C2=O)ccc1OCC(=O)Nc1cccc(C)c1. The zero-order valence-electron chi connectivity index (χ0n) is 20.5. The van der Waals surface area contributed by atoms with E-state index < -0.39 is 11.1 Å². The number of aryl methyl sites for hydroxylation is 1. The topological polar surface area (TPSA) is 102 Å². The molecule has 0 saturated carbocycles. The number of ether oxygens (including phenoxy) is 2. The smallest absolute Gasteiger partial charge is 0.293 e. The molecule has 0 aromatic heterocycles. The Bertz CT molecular complexity index is 1440. The van der Waals surface area contributed by atoms with Crippen LogP contribution in [0.3, 0.4) is 0 Å². The van der Waals surface area contributed by atoms with E-state index in [4.69, 9.17) is 21.1 Å². The third kappa shape index (κ3) is 6.62. The van der Waals surface area contributed by atoms with Crippen LogP contribution in [-0.2, 0) is 9.59 Å². The van der Waals surface area contributed by atoms with Crippen LogP contribution in [0.15, 0.2) is 71.6 Å². The number of nitrogens with one attached hydrogen (secondary N) is 1. The minimum Gasteiger partial charge on any atom is -0.493 e. The molecule has 10 heteroatoms. The molecule has 1 fully saturated rings. The van der Waals surface area contributed by atoms with Gasteiger partial charge in [-0.25, -0.2) is 0 Å². The molecule has 8 nitrogen and oxygen atoms in total. The van der Waals surface area contributed by atoms with Crippen molar-refractivity contribution in [1.29, 1.82) is 0 Å². The minimum atomic E-state index is -0.561. The van der Waals surface area contributed by atoms with Crippen LogP contribution in [0.2, 0.25) is 5.02 Å². The molecule has 0 aliphatic carbocycles. The summed E-state index contributed by atoms with van der Waals surface area (Å²) in [6.07, 6.45) is 1.54.